The van der Waals surface area contributed by atoms with Crippen LogP contribution in [0.3, 0.4) is 0 Å². The summed E-state index contributed by atoms with van der Waals surface area (Å²) in [5, 5.41) is 0. The van der Waals surface area contributed by atoms with Crippen LogP contribution < -0.4 is 9.47 Å². The molecule has 26 heavy (non-hydrogen) atoms. The number of amides is 1. The summed E-state index contributed by atoms with van der Waals surface area (Å²) in [5.74, 6) is 0.862. The van der Waals surface area contributed by atoms with Crippen LogP contribution in [-0.2, 0) is 11.3 Å². The highest BCUT2D eigenvalue weighted by Crippen LogP contribution is 2.19. The highest BCUT2D eigenvalue weighted by Gasteiger charge is 2.28. The van der Waals surface area contributed by atoms with Gasteiger partial charge in [0, 0.05) is 13.0 Å². The van der Waals surface area contributed by atoms with E-state index in [4.69, 9.17) is 9.47 Å². The Morgan fingerprint density at radius 3 is 3.00 bits per heavy atom. The third-order valence-corrected chi connectivity index (χ3v) is 4.42. The zero-order valence-corrected chi connectivity index (χ0v) is 14.4. The molecule has 4 rings (SSSR count). The Morgan fingerprint density at radius 1 is 1.27 bits per heavy atom. The van der Waals surface area contributed by atoms with Gasteiger partial charge in [-0.3, -0.25) is 9.78 Å². The number of aromatic nitrogens is 4. The van der Waals surface area contributed by atoms with Crippen LogP contribution in [0.15, 0.2) is 43.0 Å². The van der Waals surface area contributed by atoms with Gasteiger partial charge >= 0.3 is 0 Å². The van der Waals surface area contributed by atoms with Crippen LogP contribution >= 0.6 is 0 Å². The highest BCUT2D eigenvalue weighted by molar-refractivity contribution is 5.80. The molecular formula is C18H19N5O3. The fraction of sp³-hybridized carbons (Fsp3) is 0.333. The Balaban J connectivity index is 1.38. The number of para-hydroxylation sites is 2. The minimum Gasteiger partial charge on any atom is -0.480 e. The zero-order valence-electron chi connectivity index (χ0n) is 14.4. The van der Waals surface area contributed by atoms with Gasteiger partial charge in [0.15, 0.2) is 0 Å². The lowest BCUT2D eigenvalue weighted by atomic mass is 10.3. The van der Waals surface area contributed by atoms with E-state index in [1.165, 1.54) is 13.3 Å². The molecule has 3 aromatic rings. The number of likely N-dealkylation sites (tertiary alicyclic amines) is 1. The number of methoxy groups -OCH3 is 1. The van der Waals surface area contributed by atoms with Gasteiger partial charge in [-0.15, -0.1) is 0 Å². The normalized spacial score (nSPS) is 16.8. The van der Waals surface area contributed by atoms with Gasteiger partial charge in [-0.2, -0.15) is 4.98 Å². The van der Waals surface area contributed by atoms with Crippen LogP contribution in [-0.4, -0.2) is 56.6 Å². The van der Waals surface area contributed by atoms with Gasteiger partial charge in [-0.1, -0.05) is 12.1 Å². The lowest BCUT2D eigenvalue weighted by molar-refractivity contribution is -0.131. The number of carbonyl (C=O) groups is 1. The molecule has 134 valence electrons. The van der Waals surface area contributed by atoms with Crippen molar-refractivity contribution in [2.75, 3.05) is 20.2 Å². The van der Waals surface area contributed by atoms with Crippen molar-refractivity contribution < 1.29 is 14.3 Å². The van der Waals surface area contributed by atoms with Crippen molar-refractivity contribution in [3.8, 4) is 11.8 Å². The monoisotopic (exact) mass is 353 g/mol. The van der Waals surface area contributed by atoms with E-state index < -0.39 is 0 Å². The average Bonchev–Trinajstić information content (AvgIpc) is 3.29. The molecule has 1 aliphatic heterocycles. The summed E-state index contributed by atoms with van der Waals surface area (Å²) in [6.45, 7) is 1.46. The van der Waals surface area contributed by atoms with Crippen molar-refractivity contribution in [2.24, 2.45) is 0 Å². The standard InChI is InChI=1S/C18H19N5O3/c1-25-16-8-19-9-17(21-16)26-13-6-7-22(10-13)18(24)11-23-12-20-14-4-2-3-5-15(14)23/h2-5,8-9,12-13H,6-7,10-11H2,1H3. The quantitative estimate of drug-likeness (QED) is 0.692. The molecule has 0 saturated carbocycles. The Labute approximate surface area is 150 Å². The second-order valence-electron chi connectivity index (χ2n) is 6.13. The summed E-state index contributed by atoms with van der Waals surface area (Å²) in [6, 6.07) is 7.78. The number of nitrogens with zero attached hydrogens (tertiary/aromatic N) is 5. The molecule has 1 aromatic carbocycles. The molecule has 1 aliphatic rings. The molecular weight excluding hydrogens is 334 g/mol. The van der Waals surface area contributed by atoms with E-state index in [2.05, 4.69) is 15.0 Å². The number of carbonyl (C=O) groups excluding carboxylic acids is 1. The van der Waals surface area contributed by atoms with Crippen LogP contribution in [0.5, 0.6) is 11.8 Å². The summed E-state index contributed by atoms with van der Waals surface area (Å²) in [4.78, 5) is 27.0. The van der Waals surface area contributed by atoms with Gasteiger partial charge in [0.2, 0.25) is 17.7 Å². The Morgan fingerprint density at radius 2 is 2.12 bits per heavy atom. The Hall–Kier alpha value is -3.16. The van der Waals surface area contributed by atoms with E-state index in [0.717, 1.165) is 17.5 Å². The number of hydrogen-bond acceptors (Lipinski definition) is 6. The number of hydrogen-bond donors (Lipinski definition) is 0. The minimum absolute atomic E-state index is 0.0518. The lowest BCUT2D eigenvalue weighted by Crippen LogP contribution is -2.33. The molecule has 1 saturated heterocycles. The second kappa shape index (κ2) is 6.99. The molecule has 0 bridgehead atoms. The summed E-state index contributed by atoms with van der Waals surface area (Å²) >= 11 is 0. The van der Waals surface area contributed by atoms with Gasteiger partial charge in [-0.25, -0.2) is 4.98 Å². The van der Waals surface area contributed by atoms with E-state index in [1.54, 1.807) is 12.5 Å². The highest BCUT2D eigenvalue weighted by atomic mass is 16.5. The molecule has 8 heteroatoms. The molecule has 0 radical (unpaired) electrons. The van der Waals surface area contributed by atoms with E-state index in [9.17, 15) is 4.79 Å². The number of imidazole rings is 1. The molecule has 1 fully saturated rings. The van der Waals surface area contributed by atoms with Crippen molar-refractivity contribution >= 4 is 16.9 Å². The van der Waals surface area contributed by atoms with E-state index >= 15 is 0 Å². The van der Waals surface area contributed by atoms with Crippen molar-refractivity contribution in [3.05, 3.63) is 43.0 Å². The molecule has 1 amide bonds. The third-order valence-electron chi connectivity index (χ3n) is 4.42. The first kappa shape index (κ1) is 16.3. The molecule has 0 aliphatic carbocycles. The van der Waals surface area contributed by atoms with Crippen LogP contribution in [0.4, 0.5) is 0 Å². The summed E-state index contributed by atoms with van der Waals surface area (Å²) in [6.07, 6.45) is 5.44. The van der Waals surface area contributed by atoms with Crippen LogP contribution in [0.25, 0.3) is 11.0 Å². The van der Waals surface area contributed by atoms with E-state index in [0.29, 0.717) is 24.8 Å². The fourth-order valence-corrected chi connectivity index (χ4v) is 3.09. The Kier molecular flexibility index (Phi) is 4.39. The maximum atomic E-state index is 12.6. The predicted octanol–water partition coefficient (Wildman–Crippen LogP) is 1.51. The number of rotatable bonds is 5. The molecule has 0 N–H and O–H groups in total. The molecule has 1 atom stereocenters. The number of ether oxygens (including phenoxy) is 2. The third kappa shape index (κ3) is 3.30. The van der Waals surface area contributed by atoms with Crippen molar-refractivity contribution in [1.82, 2.24) is 24.4 Å². The van der Waals surface area contributed by atoms with E-state index in [-0.39, 0.29) is 18.6 Å². The molecule has 1 unspecified atom stereocenters. The molecule has 8 nitrogen and oxygen atoms in total. The Bertz CT molecular complexity index is 926. The molecule has 0 spiro atoms. The minimum atomic E-state index is -0.0973. The predicted molar refractivity (Wildman–Crippen MR) is 93.9 cm³/mol. The maximum absolute atomic E-state index is 12.6. The first-order chi connectivity index (χ1) is 12.7. The fourth-order valence-electron chi connectivity index (χ4n) is 3.09. The SMILES string of the molecule is COc1cncc(OC2CCN(C(=O)Cn3cnc4ccccc43)C2)n1. The van der Waals surface area contributed by atoms with Gasteiger partial charge in [0.25, 0.3) is 0 Å². The average molecular weight is 353 g/mol. The van der Waals surface area contributed by atoms with E-state index in [1.807, 2.05) is 33.7 Å². The maximum Gasteiger partial charge on any atom is 0.242 e. The summed E-state index contributed by atoms with van der Waals surface area (Å²) < 4.78 is 12.8. The first-order valence-electron chi connectivity index (χ1n) is 8.43. The topological polar surface area (TPSA) is 82.4 Å². The number of benzene rings is 1. The van der Waals surface area contributed by atoms with Gasteiger partial charge < -0.3 is 18.9 Å². The van der Waals surface area contributed by atoms with Crippen molar-refractivity contribution in [1.29, 1.82) is 0 Å². The largest absolute Gasteiger partial charge is 0.480 e. The van der Waals surface area contributed by atoms with Crippen LogP contribution in [0.1, 0.15) is 6.42 Å². The van der Waals surface area contributed by atoms with Gasteiger partial charge in [-0.05, 0) is 12.1 Å². The summed E-state index contributed by atoms with van der Waals surface area (Å²) in [7, 11) is 1.53. The zero-order chi connectivity index (χ0) is 17.9. The number of fused-ring (bicyclic) bond motifs is 1. The molecule has 2 aromatic heterocycles. The van der Waals surface area contributed by atoms with Crippen LogP contribution in [0, 0.1) is 0 Å². The molecule has 3 heterocycles. The van der Waals surface area contributed by atoms with Crippen molar-refractivity contribution in [3.63, 3.8) is 0 Å². The van der Waals surface area contributed by atoms with Crippen LogP contribution in [0.2, 0.25) is 0 Å². The second-order valence-corrected chi connectivity index (χ2v) is 6.13. The smallest absolute Gasteiger partial charge is 0.242 e. The van der Waals surface area contributed by atoms with Crippen molar-refractivity contribution in [2.45, 2.75) is 19.1 Å². The van der Waals surface area contributed by atoms with Gasteiger partial charge in [0.1, 0.15) is 12.6 Å². The first-order valence-corrected chi connectivity index (χ1v) is 8.43. The van der Waals surface area contributed by atoms with Gasteiger partial charge in [0.05, 0.1) is 43.4 Å². The summed E-state index contributed by atoms with van der Waals surface area (Å²) in [5.41, 5.74) is 1.85. The lowest BCUT2D eigenvalue weighted by Gasteiger charge is -2.17.